The lowest BCUT2D eigenvalue weighted by atomic mass is 9.90. The SMILES string of the molecule is CCN(C1CCCCC1Nc1nc(Nc2ccc(NC(C)=O)c(OC)c2)ncc1C(F)(F)F)S(C)(=O)=O. The minimum Gasteiger partial charge on any atom is -0.494 e. The Morgan fingerprint density at radius 1 is 1.24 bits per heavy atom. The number of anilines is 4. The highest BCUT2D eigenvalue weighted by molar-refractivity contribution is 7.88. The van der Waals surface area contributed by atoms with E-state index in [1.807, 2.05) is 0 Å². The summed E-state index contributed by atoms with van der Waals surface area (Å²) in [4.78, 5) is 19.3. The number of nitrogens with zero attached hydrogens (tertiary/aromatic N) is 3. The van der Waals surface area contributed by atoms with E-state index in [0.717, 1.165) is 19.1 Å². The van der Waals surface area contributed by atoms with Gasteiger partial charge in [0.1, 0.15) is 17.1 Å². The number of sulfonamides is 1. The van der Waals surface area contributed by atoms with Gasteiger partial charge in [0.2, 0.25) is 21.9 Å². The molecule has 10 nitrogen and oxygen atoms in total. The van der Waals surface area contributed by atoms with Crippen LogP contribution >= 0.6 is 0 Å². The molecule has 1 saturated carbocycles. The predicted molar refractivity (Wildman–Crippen MR) is 135 cm³/mol. The Bertz CT molecular complexity index is 1230. The largest absolute Gasteiger partial charge is 0.494 e. The highest BCUT2D eigenvalue weighted by atomic mass is 32.2. The number of nitrogens with one attached hydrogen (secondary N) is 3. The van der Waals surface area contributed by atoms with E-state index >= 15 is 0 Å². The molecule has 2 aromatic rings. The molecule has 2 unspecified atom stereocenters. The number of ether oxygens (including phenoxy) is 1. The van der Waals surface area contributed by atoms with E-state index < -0.39 is 39.7 Å². The summed E-state index contributed by atoms with van der Waals surface area (Å²) in [6, 6.07) is 3.63. The summed E-state index contributed by atoms with van der Waals surface area (Å²) >= 11 is 0. The van der Waals surface area contributed by atoms with E-state index in [0.29, 0.717) is 36.2 Å². The molecule has 1 aliphatic carbocycles. The molecule has 1 aromatic heterocycles. The molecule has 0 radical (unpaired) electrons. The van der Waals surface area contributed by atoms with Gasteiger partial charge in [0.05, 0.1) is 19.1 Å². The number of carbonyl (C=O) groups is 1. The number of rotatable bonds is 9. The van der Waals surface area contributed by atoms with Crippen molar-refractivity contribution in [1.82, 2.24) is 14.3 Å². The summed E-state index contributed by atoms with van der Waals surface area (Å²) < 4.78 is 72.7. The van der Waals surface area contributed by atoms with E-state index in [1.165, 1.54) is 18.3 Å². The van der Waals surface area contributed by atoms with Crippen LogP contribution < -0.4 is 20.7 Å². The molecule has 1 aliphatic rings. The number of hydrogen-bond acceptors (Lipinski definition) is 8. The molecule has 0 saturated heterocycles. The summed E-state index contributed by atoms with van der Waals surface area (Å²) in [7, 11) is -2.14. The fourth-order valence-electron chi connectivity index (χ4n) is 4.47. The molecule has 1 fully saturated rings. The Labute approximate surface area is 214 Å². The van der Waals surface area contributed by atoms with Gasteiger partial charge in [0, 0.05) is 43.5 Å². The lowest BCUT2D eigenvalue weighted by Crippen LogP contribution is -2.51. The highest BCUT2D eigenvalue weighted by Crippen LogP contribution is 2.36. The topological polar surface area (TPSA) is 126 Å². The molecular formula is C23H31F3N6O4S. The molecule has 14 heteroatoms. The Morgan fingerprint density at radius 2 is 1.95 bits per heavy atom. The van der Waals surface area contributed by atoms with Crippen molar-refractivity contribution < 1.29 is 31.1 Å². The van der Waals surface area contributed by atoms with Crippen molar-refractivity contribution in [2.24, 2.45) is 0 Å². The van der Waals surface area contributed by atoms with Crippen LogP contribution in [-0.4, -0.2) is 60.6 Å². The molecular weight excluding hydrogens is 513 g/mol. The van der Waals surface area contributed by atoms with Crippen LogP contribution in [0, 0.1) is 0 Å². The van der Waals surface area contributed by atoms with Crippen molar-refractivity contribution >= 4 is 39.1 Å². The summed E-state index contributed by atoms with van der Waals surface area (Å²) in [5.41, 5.74) is -0.212. The number of carbonyl (C=O) groups excluding carboxylic acids is 1. The summed E-state index contributed by atoms with van der Waals surface area (Å²) in [6.45, 7) is 3.26. The van der Waals surface area contributed by atoms with Gasteiger partial charge in [-0.05, 0) is 25.0 Å². The average molecular weight is 545 g/mol. The molecule has 1 amide bonds. The lowest BCUT2D eigenvalue weighted by molar-refractivity contribution is -0.137. The van der Waals surface area contributed by atoms with Crippen LogP contribution in [-0.2, 0) is 21.0 Å². The second-order valence-corrected chi connectivity index (χ2v) is 10.7. The first-order valence-electron chi connectivity index (χ1n) is 11.7. The van der Waals surface area contributed by atoms with Gasteiger partial charge in [-0.3, -0.25) is 4.79 Å². The van der Waals surface area contributed by atoms with E-state index in [4.69, 9.17) is 4.74 Å². The molecule has 3 N–H and O–H groups in total. The Morgan fingerprint density at radius 3 is 2.54 bits per heavy atom. The van der Waals surface area contributed by atoms with E-state index in [9.17, 15) is 26.4 Å². The second kappa shape index (κ2) is 11.5. The van der Waals surface area contributed by atoms with E-state index in [-0.39, 0.29) is 18.4 Å². The van der Waals surface area contributed by atoms with Gasteiger partial charge in [-0.25, -0.2) is 13.4 Å². The monoisotopic (exact) mass is 544 g/mol. The number of methoxy groups -OCH3 is 1. The van der Waals surface area contributed by atoms with Crippen molar-refractivity contribution in [3.05, 3.63) is 30.0 Å². The maximum absolute atomic E-state index is 13.8. The molecule has 0 spiro atoms. The number of alkyl halides is 3. The molecule has 37 heavy (non-hydrogen) atoms. The maximum Gasteiger partial charge on any atom is 0.421 e. The van der Waals surface area contributed by atoms with Crippen LogP contribution in [0.25, 0.3) is 0 Å². The van der Waals surface area contributed by atoms with Crippen LogP contribution in [0.1, 0.15) is 45.1 Å². The first-order valence-corrected chi connectivity index (χ1v) is 13.6. The van der Waals surface area contributed by atoms with Crippen molar-refractivity contribution in [2.45, 2.75) is 57.8 Å². The van der Waals surface area contributed by atoms with Gasteiger partial charge < -0.3 is 20.7 Å². The van der Waals surface area contributed by atoms with Gasteiger partial charge in [-0.2, -0.15) is 22.5 Å². The van der Waals surface area contributed by atoms with E-state index in [2.05, 4.69) is 25.9 Å². The van der Waals surface area contributed by atoms with Crippen LogP contribution in [0.2, 0.25) is 0 Å². The molecule has 1 heterocycles. The number of hydrogen-bond donors (Lipinski definition) is 3. The number of aromatic nitrogens is 2. The zero-order valence-corrected chi connectivity index (χ0v) is 21.8. The minimum atomic E-state index is -4.73. The maximum atomic E-state index is 13.8. The number of amides is 1. The second-order valence-electron chi connectivity index (χ2n) is 8.74. The summed E-state index contributed by atoms with van der Waals surface area (Å²) in [6.07, 6.45) is -0.413. The van der Waals surface area contributed by atoms with Crippen molar-refractivity contribution in [2.75, 3.05) is 35.9 Å². The Hall–Kier alpha value is -3.13. The van der Waals surface area contributed by atoms with E-state index in [1.54, 1.807) is 25.1 Å². The zero-order chi connectivity index (χ0) is 27.4. The standard InChI is InChI=1S/C23H31F3N6O4S/c1-5-32(37(4,34)35)19-9-7-6-8-17(19)30-21-16(23(24,25)26)13-27-22(31-21)29-15-10-11-18(28-14(2)33)20(12-15)36-3/h10-13,17,19H,5-9H2,1-4H3,(H,28,33)(H2,27,29,30,31). The number of benzene rings is 1. The highest BCUT2D eigenvalue weighted by Gasteiger charge is 2.39. The van der Waals surface area contributed by atoms with Crippen LogP contribution in [0.3, 0.4) is 0 Å². The van der Waals surface area contributed by atoms with Gasteiger partial charge in [-0.15, -0.1) is 0 Å². The molecule has 0 bridgehead atoms. The Balaban J connectivity index is 1.94. The third-order valence-corrected chi connectivity index (χ3v) is 7.40. The zero-order valence-electron chi connectivity index (χ0n) is 21.0. The van der Waals surface area contributed by atoms with Gasteiger partial charge >= 0.3 is 6.18 Å². The Kier molecular flexibility index (Phi) is 8.84. The van der Waals surface area contributed by atoms with Crippen molar-refractivity contribution in [3.8, 4) is 5.75 Å². The minimum absolute atomic E-state index is 0.104. The number of likely N-dealkylation sites (N-methyl/N-ethyl adjacent to an activating group) is 1. The average Bonchev–Trinajstić information content (AvgIpc) is 2.80. The predicted octanol–water partition coefficient (Wildman–Crippen LogP) is 4.21. The van der Waals surface area contributed by atoms with Gasteiger partial charge in [0.15, 0.2) is 0 Å². The normalized spacial score (nSPS) is 18.4. The molecule has 1 aromatic carbocycles. The number of halogens is 3. The molecule has 204 valence electrons. The fourth-order valence-corrected chi connectivity index (χ4v) is 5.68. The third-order valence-electron chi connectivity index (χ3n) is 6.02. The van der Waals surface area contributed by atoms with Gasteiger partial charge in [0.25, 0.3) is 0 Å². The van der Waals surface area contributed by atoms with Crippen molar-refractivity contribution in [1.29, 1.82) is 0 Å². The van der Waals surface area contributed by atoms with Crippen LogP contribution in [0.4, 0.5) is 36.3 Å². The van der Waals surface area contributed by atoms with Gasteiger partial charge in [-0.1, -0.05) is 19.8 Å². The van der Waals surface area contributed by atoms with Crippen LogP contribution in [0.5, 0.6) is 5.75 Å². The summed E-state index contributed by atoms with van der Waals surface area (Å²) in [5, 5.41) is 8.36. The first-order chi connectivity index (χ1) is 17.3. The lowest BCUT2D eigenvalue weighted by Gasteiger charge is -2.39. The molecule has 3 rings (SSSR count). The summed E-state index contributed by atoms with van der Waals surface area (Å²) in [5.74, 6) is -0.504. The fraction of sp³-hybridized carbons (Fsp3) is 0.522. The quantitative estimate of drug-likeness (QED) is 0.429. The van der Waals surface area contributed by atoms with Crippen molar-refractivity contribution in [3.63, 3.8) is 0 Å². The molecule has 0 aliphatic heterocycles. The first kappa shape index (κ1) is 28.4. The van der Waals surface area contributed by atoms with Crippen LogP contribution in [0.15, 0.2) is 24.4 Å². The third kappa shape index (κ3) is 7.22. The smallest absolute Gasteiger partial charge is 0.421 e. The molecule has 2 atom stereocenters.